The molecular formula is C19H26FN5OS. The van der Waals surface area contributed by atoms with E-state index in [1.54, 1.807) is 29.5 Å². The van der Waals surface area contributed by atoms with Crippen LogP contribution in [0.4, 0.5) is 4.39 Å². The molecule has 27 heavy (non-hydrogen) atoms. The van der Waals surface area contributed by atoms with E-state index in [0.717, 1.165) is 31.7 Å². The number of hydrogen-bond acceptors (Lipinski definition) is 5. The molecule has 8 heteroatoms. The lowest BCUT2D eigenvalue weighted by atomic mass is 10.0. The Bertz CT molecular complexity index is 758. The quantitative estimate of drug-likeness (QED) is 0.793. The Hall–Kier alpha value is -1.77. The van der Waals surface area contributed by atoms with E-state index in [-0.39, 0.29) is 11.9 Å². The van der Waals surface area contributed by atoms with Crippen LogP contribution in [0.2, 0.25) is 0 Å². The summed E-state index contributed by atoms with van der Waals surface area (Å²) in [5, 5.41) is 12.5. The highest BCUT2D eigenvalue weighted by atomic mass is 32.1. The number of likely N-dealkylation sites (N-methyl/N-ethyl adjacent to an activating group) is 1. The van der Waals surface area contributed by atoms with Crippen LogP contribution in [0, 0.1) is 0 Å². The predicted molar refractivity (Wildman–Crippen MR) is 104 cm³/mol. The molecule has 0 saturated carbocycles. The van der Waals surface area contributed by atoms with Crippen LogP contribution >= 0.6 is 11.3 Å². The van der Waals surface area contributed by atoms with Gasteiger partial charge in [-0.15, -0.1) is 11.3 Å². The Morgan fingerprint density at radius 3 is 3.15 bits per heavy atom. The SMILES string of the molecule is CN(C[C@@H]1C[C@H](F)CN1Cc1cccs1)C(=O)c1cn[nH]c1C1CCNC1. The smallest absolute Gasteiger partial charge is 0.257 e. The van der Waals surface area contributed by atoms with Crippen molar-refractivity contribution in [2.75, 3.05) is 33.2 Å². The van der Waals surface area contributed by atoms with Crippen LogP contribution in [0.15, 0.2) is 23.7 Å². The van der Waals surface area contributed by atoms with Crippen LogP contribution in [0.5, 0.6) is 0 Å². The first-order valence-corrected chi connectivity index (χ1v) is 10.4. The number of carbonyl (C=O) groups is 1. The summed E-state index contributed by atoms with van der Waals surface area (Å²) in [6, 6.07) is 4.14. The summed E-state index contributed by atoms with van der Waals surface area (Å²) in [6.07, 6.45) is 2.29. The molecule has 146 valence electrons. The van der Waals surface area contributed by atoms with E-state index in [1.807, 2.05) is 11.4 Å². The molecule has 1 amide bonds. The van der Waals surface area contributed by atoms with Gasteiger partial charge in [-0.3, -0.25) is 14.8 Å². The number of aromatic nitrogens is 2. The standard InChI is InChI=1S/C19H26FN5OS/c1-24(19(26)17-9-22-23-18(17)13-4-5-21-8-13)11-15-7-14(20)10-25(15)12-16-3-2-6-27-16/h2-3,6,9,13-15,21H,4-5,7-8,10-12H2,1H3,(H,22,23)/t13?,14-,15-/m0/s1. The minimum atomic E-state index is -0.826. The molecule has 2 fully saturated rings. The average Bonchev–Trinajstić information content (AvgIpc) is 3.43. The largest absolute Gasteiger partial charge is 0.340 e. The fraction of sp³-hybridized carbons (Fsp3) is 0.579. The van der Waals surface area contributed by atoms with Gasteiger partial charge < -0.3 is 10.2 Å². The zero-order chi connectivity index (χ0) is 18.8. The third-order valence-electron chi connectivity index (χ3n) is 5.61. The maximum Gasteiger partial charge on any atom is 0.257 e. The Morgan fingerprint density at radius 2 is 2.41 bits per heavy atom. The molecule has 0 aliphatic carbocycles. The highest BCUT2D eigenvalue weighted by molar-refractivity contribution is 7.09. The molecule has 1 unspecified atom stereocenters. The summed E-state index contributed by atoms with van der Waals surface area (Å²) < 4.78 is 14.1. The average molecular weight is 392 g/mol. The van der Waals surface area contributed by atoms with Gasteiger partial charge in [-0.1, -0.05) is 6.07 Å². The summed E-state index contributed by atoms with van der Waals surface area (Å²) in [7, 11) is 1.81. The van der Waals surface area contributed by atoms with Gasteiger partial charge in [0.05, 0.1) is 17.5 Å². The van der Waals surface area contributed by atoms with Crippen LogP contribution in [0.3, 0.4) is 0 Å². The van der Waals surface area contributed by atoms with E-state index in [4.69, 9.17) is 0 Å². The molecular weight excluding hydrogens is 365 g/mol. The molecule has 0 aromatic carbocycles. The zero-order valence-corrected chi connectivity index (χ0v) is 16.3. The van der Waals surface area contributed by atoms with E-state index in [0.29, 0.717) is 31.0 Å². The van der Waals surface area contributed by atoms with E-state index in [9.17, 15) is 9.18 Å². The van der Waals surface area contributed by atoms with Gasteiger partial charge >= 0.3 is 0 Å². The Morgan fingerprint density at radius 1 is 1.52 bits per heavy atom. The van der Waals surface area contributed by atoms with Crippen molar-refractivity contribution in [2.45, 2.75) is 37.5 Å². The van der Waals surface area contributed by atoms with Crippen LogP contribution in [-0.2, 0) is 6.54 Å². The molecule has 3 atom stereocenters. The summed E-state index contributed by atoms with van der Waals surface area (Å²) in [5.74, 6) is 0.265. The number of carbonyl (C=O) groups excluding carboxylic acids is 1. The normalized spacial score (nSPS) is 25.9. The first-order chi connectivity index (χ1) is 13.1. The van der Waals surface area contributed by atoms with E-state index < -0.39 is 6.17 Å². The monoisotopic (exact) mass is 391 g/mol. The summed E-state index contributed by atoms with van der Waals surface area (Å²) in [5.41, 5.74) is 1.56. The lowest BCUT2D eigenvalue weighted by molar-refractivity contribution is 0.0748. The van der Waals surface area contributed by atoms with Crippen molar-refractivity contribution in [1.29, 1.82) is 0 Å². The van der Waals surface area contributed by atoms with Crippen molar-refractivity contribution in [3.63, 3.8) is 0 Å². The van der Waals surface area contributed by atoms with Crippen LogP contribution in [0.25, 0.3) is 0 Å². The number of rotatable bonds is 6. The third-order valence-corrected chi connectivity index (χ3v) is 6.48. The minimum Gasteiger partial charge on any atom is -0.340 e. The van der Waals surface area contributed by atoms with Gasteiger partial charge in [0.1, 0.15) is 6.17 Å². The molecule has 2 aromatic rings. The van der Waals surface area contributed by atoms with E-state index in [2.05, 4.69) is 26.5 Å². The van der Waals surface area contributed by atoms with Crippen molar-refractivity contribution < 1.29 is 9.18 Å². The number of nitrogens with zero attached hydrogens (tertiary/aromatic N) is 3. The lowest BCUT2D eigenvalue weighted by Gasteiger charge is -2.28. The molecule has 2 N–H and O–H groups in total. The van der Waals surface area contributed by atoms with Crippen LogP contribution < -0.4 is 5.32 Å². The highest BCUT2D eigenvalue weighted by Crippen LogP contribution is 2.27. The van der Waals surface area contributed by atoms with Crippen molar-refractivity contribution in [3.8, 4) is 0 Å². The minimum absolute atomic E-state index is 0.0379. The van der Waals surface area contributed by atoms with Crippen molar-refractivity contribution >= 4 is 17.2 Å². The summed E-state index contributed by atoms with van der Waals surface area (Å²) >= 11 is 1.69. The summed E-state index contributed by atoms with van der Waals surface area (Å²) in [6.45, 7) is 3.54. The lowest BCUT2D eigenvalue weighted by Crippen LogP contribution is -2.41. The van der Waals surface area contributed by atoms with E-state index in [1.165, 1.54) is 4.88 Å². The highest BCUT2D eigenvalue weighted by Gasteiger charge is 2.34. The van der Waals surface area contributed by atoms with Crippen LogP contribution in [-0.4, -0.2) is 71.3 Å². The number of H-pyrrole nitrogens is 1. The maximum absolute atomic E-state index is 14.1. The molecule has 2 saturated heterocycles. The molecule has 0 radical (unpaired) electrons. The number of halogens is 1. The molecule has 6 nitrogen and oxygen atoms in total. The van der Waals surface area contributed by atoms with Gasteiger partial charge in [-0.05, 0) is 30.8 Å². The number of amides is 1. The van der Waals surface area contributed by atoms with Crippen LogP contribution in [0.1, 0.15) is 39.7 Å². The Balaban J connectivity index is 1.42. The topological polar surface area (TPSA) is 64.3 Å². The van der Waals surface area contributed by atoms with Gasteiger partial charge in [-0.25, -0.2) is 4.39 Å². The third kappa shape index (κ3) is 4.07. The van der Waals surface area contributed by atoms with Crippen molar-refractivity contribution in [1.82, 2.24) is 25.3 Å². The molecule has 2 aromatic heterocycles. The number of alkyl halides is 1. The molecule has 2 aliphatic heterocycles. The predicted octanol–water partition coefficient (Wildman–Crippen LogP) is 2.23. The molecule has 4 rings (SSSR count). The zero-order valence-electron chi connectivity index (χ0n) is 15.5. The number of hydrogen-bond donors (Lipinski definition) is 2. The Labute approximate surface area is 162 Å². The molecule has 4 heterocycles. The first kappa shape index (κ1) is 18.6. The maximum atomic E-state index is 14.1. The summed E-state index contributed by atoms with van der Waals surface area (Å²) in [4.78, 5) is 18.1. The Kier molecular flexibility index (Phi) is 5.56. The first-order valence-electron chi connectivity index (χ1n) is 9.51. The number of aromatic amines is 1. The fourth-order valence-electron chi connectivity index (χ4n) is 4.19. The van der Waals surface area contributed by atoms with Gasteiger partial charge in [0, 0.05) is 50.1 Å². The van der Waals surface area contributed by atoms with Crippen molar-refractivity contribution in [3.05, 3.63) is 39.8 Å². The van der Waals surface area contributed by atoms with Gasteiger partial charge in [0.25, 0.3) is 5.91 Å². The second kappa shape index (κ2) is 8.08. The second-order valence-electron chi connectivity index (χ2n) is 7.57. The molecule has 0 spiro atoms. The van der Waals surface area contributed by atoms with E-state index >= 15 is 0 Å². The van der Waals surface area contributed by atoms with Gasteiger partial charge in [0.15, 0.2) is 0 Å². The number of thiophene rings is 1. The fourth-order valence-corrected chi connectivity index (χ4v) is 4.92. The number of nitrogens with one attached hydrogen (secondary N) is 2. The van der Waals surface area contributed by atoms with Gasteiger partial charge in [-0.2, -0.15) is 5.10 Å². The second-order valence-corrected chi connectivity index (χ2v) is 8.60. The molecule has 0 bridgehead atoms. The molecule has 2 aliphatic rings. The van der Waals surface area contributed by atoms with Crippen molar-refractivity contribution in [2.24, 2.45) is 0 Å². The van der Waals surface area contributed by atoms with Gasteiger partial charge in [0.2, 0.25) is 0 Å². The number of likely N-dealkylation sites (tertiary alicyclic amines) is 1.